The second kappa shape index (κ2) is 10.0. The average Bonchev–Trinajstić information content (AvgIpc) is 3.12. The minimum atomic E-state index is -0.355. The van der Waals surface area contributed by atoms with Crippen LogP contribution in [0.15, 0.2) is 24.3 Å². The SMILES string of the molecule is COCCNCC(=O)NCc1cccc(NC(=O)C2CCCO2)c1. The molecule has 1 atom stereocenters. The topological polar surface area (TPSA) is 88.7 Å². The van der Waals surface area contributed by atoms with E-state index in [4.69, 9.17) is 9.47 Å². The van der Waals surface area contributed by atoms with Crippen LogP contribution in [0.2, 0.25) is 0 Å². The summed E-state index contributed by atoms with van der Waals surface area (Å²) in [6.07, 6.45) is 1.33. The maximum absolute atomic E-state index is 12.0. The van der Waals surface area contributed by atoms with E-state index in [1.54, 1.807) is 7.11 Å². The summed E-state index contributed by atoms with van der Waals surface area (Å²) in [6, 6.07) is 7.43. The van der Waals surface area contributed by atoms with E-state index in [1.165, 1.54) is 0 Å². The molecule has 1 aromatic carbocycles. The van der Waals surface area contributed by atoms with Crippen molar-refractivity contribution in [3.63, 3.8) is 0 Å². The molecule has 24 heavy (non-hydrogen) atoms. The molecule has 1 saturated heterocycles. The van der Waals surface area contributed by atoms with Crippen molar-refractivity contribution in [2.75, 3.05) is 38.7 Å². The van der Waals surface area contributed by atoms with Crippen molar-refractivity contribution in [3.8, 4) is 0 Å². The van der Waals surface area contributed by atoms with E-state index in [1.807, 2.05) is 24.3 Å². The van der Waals surface area contributed by atoms with Gasteiger partial charge in [-0.15, -0.1) is 0 Å². The van der Waals surface area contributed by atoms with Crippen LogP contribution in [0.4, 0.5) is 5.69 Å². The molecule has 0 spiro atoms. The van der Waals surface area contributed by atoms with E-state index in [2.05, 4.69) is 16.0 Å². The third kappa shape index (κ3) is 6.27. The molecule has 1 unspecified atom stereocenters. The van der Waals surface area contributed by atoms with Crippen LogP contribution < -0.4 is 16.0 Å². The number of carbonyl (C=O) groups is 2. The molecular weight excluding hydrogens is 310 g/mol. The fourth-order valence-corrected chi connectivity index (χ4v) is 2.41. The normalized spacial score (nSPS) is 16.8. The minimum Gasteiger partial charge on any atom is -0.383 e. The number of hydrogen-bond acceptors (Lipinski definition) is 5. The largest absolute Gasteiger partial charge is 0.383 e. The predicted octanol–water partition coefficient (Wildman–Crippen LogP) is 0.656. The molecule has 1 fully saturated rings. The van der Waals surface area contributed by atoms with Crippen molar-refractivity contribution in [3.05, 3.63) is 29.8 Å². The molecule has 7 nitrogen and oxygen atoms in total. The molecule has 1 aromatic rings. The van der Waals surface area contributed by atoms with Crippen LogP contribution in [0, 0.1) is 0 Å². The quantitative estimate of drug-likeness (QED) is 0.577. The van der Waals surface area contributed by atoms with Crippen molar-refractivity contribution >= 4 is 17.5 Å². The Morgan fingerprint density at radius 2 is 2.25 bits per heavy atom. The Morgan fingerprint density at radius 1 is 1.38 bits per heavy atom. The van der Waals surface area contributed by atoms with Crippen LogP contribution in [-0.2, 0) is 25.6 Å². The van der Waals surface area contributed by atoms with E-state index in [9.17, 15) is 9.59 Å². The first kappa shape index (κ1) is 18.4. The Labute approximate surface area is 142 Å². The van der Waals surface area contributed by atoms with Crippen molar-refractivity contribution in [2.24, 2.45) is 0 Å². The van der Waals surface area contributed by atoms with Crippen LogP contribution in [0.25, 0.3) is 0 Å². The molecule has 0 radical (unpaired) electrons. The van der Waals surface area contributed by atoms with Gasteiger partial charge in [-0.05, 0) is 30.5 Å². The number of nitrogens with one attached hydrogen (secondary N) is 3. The van der Waals surface area contributed by atoms with Crippen LogP contribution in [0.5, 0.6) is 0 Å². The lowest BCUT2D eigenvalue weighted by atomic mass is 10.2. The Balaban J connectivity index is 1.75. The fraction of sp³-hybridized carbons (Fsp3) is 0.529. The highest BCUT2D eigenvalue weighted by molar-refractivity contribution is 5.94. The molecule has 1 heterocycles. The van der Waals surface area contributed by atoms with Gasteiger partial charge in [0.15, 0.2) is 0 Å². The molecule has 3 N–H and O–H groups in total. The highest BCUT2D eigenvalue weighted by Crippen LogP contribution is 2.16. The summed E-state index contributed by atoms with van der Waals surface area (Å²) in [5.74, 6) is -0.198. The van der Waals surface area contributed by atoms with Crippen molar-refractivity contribution in [1.29, 1.82) is 0 Å². The van der Waals surface area contributed by atoms with Crippen molar-refractivity contribution < 1.29 is 19.1 Å². The number of amides is 2. The first-order valence-electron chi connectivity index (χ1n) is 8.17. The second-order valence-electron chi connectivity index (χ2n) is 5.64. The predicted molar refractivity (Wildman–Crippen MR) is 90.6 cm³/mol. The van der Waals surface area contributed by atoms with Gasteiger partial charge in [0.2, 0.25) is 5.91 Å². The molecule has 1 aliphatic heterocycles. The zero-order valence-corrected chi connectivity index (χ0v) is 14.0. The van der Waals surface area contributed by atoms with E-state index in [0.29, 0.717) is 32.0 Å². The monoisotopic (exact) mass is 335 g/mol. The van der Waals surface area contributed by atoms with Crippen molar-refractivity contribution in [2.45, 2.75) is 25.5 Å². The van der Waals surface area contributed by atoms with E-state index >= 15 is 0 Å². The number of rotatable bonds is 9. The number of carbonyl (C=O) groups excluding carboxylic acids is 2. The van der Waals surface area contributed by atoms with Gasteiger partial charge in [0.1, 0.15) is 6.10 Å². The average molecular weight is 335 g/mol. The molecule has 0 aliphatic carbocycles. The first-order valence-corrected chi connectivity index (χ1v) is 8.17. The highest BCUT2D eigenvalue weighted by Gasteiger charge is 2.23. The molecule has 2 rings (SSSR count). The maximum Gasteiger partial charge on any atom is 0.253 e. The van der Waals surface area contributed by atoms with Gasteiger partial charge in [-0.2, -0.15) is 0 Å². The van der Waals surface area contributed by atoms with Crippen molar-refractivity contribution in [1.82, 2.24) is 10.6 Å². The zero-order chi connectivity index (χ0) is 17.2. The molecule has 0 saturated carbocycles. The van der Waals surface area contributed by atoms with E-state index in [-0.39, 0.29) is 24.5 Å². The van der Waals surface area contributed by atoms with E-state index < -0.39 is 0 Å². The third-order valence-electron chi connectivity index (χ3n) is 3.67. The van der Waals surface area contributed by atoms with Gasteiger partial charge in [-0.25, -0.2) is 0 Å². The molecule has 0 bridgehead atoms. The van der Waals surface area contributed by atoms with Crippen LogP contribution in [-0.4, -0.2) is 51.3 Å². The summed E-state index contributed by atoms with van der Waals surface area (Å²) in [4.78, 5) is 23.8. The summed E-state index contributed by atoms with van der Waals surface area (Å²) in [6.45, 7) is 2.50. The first-order chi connectivity index (χ1) is 11.7. The number of hydrogen-bond donors (Lipinski definition) is 3. The van der Waals surface area contributed by atoms with Gasteiger partial charge in [0.05, 0.1) is 13.2 Å². The van der Waals surface area contributed by atoms with Gasteiger partial charge in [0, 0.05) is 32.5 Å². The molecule has 0 aromatic heterocycles. The van der Waals surface area contributed by atoms with Crippen LogP contribution in [0.1, 0.15) is 18.4 Å². The second-order valence-corrected chi connectivity index (χ2v) is 5.64. The third-order valence-corrected chi connectivity index (χ3v) is 3.67. The standard InChI is InChI=1S/C17H25N3O4/c1-23-9-7-18-12-16(21)19-11-13-4-2-5-14(10-13)20-17(22)15-6-3-8-24-15/h2,4-5,10,15,18H,3,6-9,11-12H2,1H3,(H,19,21)(H,20,22). The Bertz CT molecular complexity index is 544. The molecule has 132 valence electrons. The Morgan fingerprint density at radius 3 is 3.00 bits per heavy atom. The fourth-order valence-electron chi connectivity index (χ4n) is 2.41. The number of methoxy groups -OCH3 is 1. The van der Waals surface area contributed by atoms with Gasteiger partial charge in [-0.1, -0.05) is 12.1 Å². The zero-order valence-electron chi connectivity index (χ0n) is 14.0. The highest BCUT2D eigenvalue weighted by atomic mass is 16.5. The molecular formula is C17H25N3O4. The van der Waals surface area contributed by atoms with Crippen LogP contribution >= 0.6 is 0 Å². The molecule has 7 heteroatoms. The Hall–Kier alpha value is -1.96. The maximum atomic E-state index is 12.0. The molecule has 2 amide bonds. The Kier molecular flexibility index (Phi) is 7.67. The smallest absolute Gasteiger partial charge is 0.253 e. The van der Waals surface area contributed by atoms with Gasteiger partial charge < -0.3 is 25.4 Å². The van der Waals surface area contributed by atoms with Gasteiger partial charge in [-0.3, -0.25) is 9.59 Å². The number of benzene rings is 1. The van der Waals surface area contributed by atoms with E-state index in [0.717, 1.165) is 18.4 Å². The van der Waals surface area contributed by atoms with Crippen LogP contribution in [0.3, 0.4) is 0 Å². The number of ether oxygens (including phenoxy) is 2. The number of anilines is 1. The lowest BCUT2D eigenvalue weighted by Crippen LogP contribution is -2.34. The lowest BCUT2D eigenvalue weighted by Gasteiger charge is -2.12. The summed E-state index contributed by atoms with van der Waals surface area (Å²) in [5.41, 5.74) is 1.63. The molecule has 1 aliphatic rings. The minimum absolute atomic E-state index is 0.0834. The summed E-state index contributed by atoms with van der Waals surface area (Å²) in [5, 5.41) is 8.67. The summed E-state index contributed by atoms with van der Waals surface area (Å²) in [7, 11) is 1.62. The van der Waals surface area contributed by atoms with Gasteiger partial charge in [0.25, 0.3) is 5.91 Å². The summed E-state index contributed by atoms with van der Waals surface area (Å²) >= 11 is 0. The lowest BCUT2D eigenvalue weighted by molar-refractivity contribution is -0.124. The van der Waals surface area contributed by atoms with Gasteiger partial charge >= 0.3 is 0 Å². The summed E-state index contributed by atoms with van der Waals surface area (Å²) < 4.78 is 10.3.